The van der Waals surface area contributed by atoms with E-state index in [1.807, 2.05) is 6.08 Å². The van der Waals surface area contributed by atoms with Gasteiger partial charge in [-0.3, -0.25) is 9.59 Å². The molecule has 0 amide bonds. The van der Waals surface area contributed by atoms with Crippen LogP contribution in [0.25, 0.3) is 0 Å². The lowest BCUT2D eigenvalue weighted by Gasteiger charge is -2.57. The Hall–Kier alpha value is -1.22. The number of hydrogen-bond acceptors (Lipinski definition) is 3. The van der Waals surface area contributed by atoms with E-state index in [1.165, 1.54) is 5.57 Å². The first kappa shape index (κ1) is 14.2. The van der Waals surface area contributed by atoms with Gasteiger partial charge >= 0.3 is 0 Å². The molecule has 122 valence electrons. The van der Waals surface area contributed by atoms with E-state index < -0.39 is 0 Å². The third-order valence-corrected chi connectivity index (χ3v) is 7.93. The Morgan fingerprint density at radius 1 is 1.17 bits per heavy atom. The molecule has 3 heteroatoms. The average molecular weight is 312 g/mol. The number of carbonyl (C=O) groups excluding carboxylic acids is 2. The number of ether oxygens (including phenoxy) is 1. The van der Waals surface area contributed by atoms with E-state index in [1.54, 1.807) is 6.08 Å². The number of Topliss-reactive ketones (excluding diaryl/α,β-unsaturated/α-hetero) is 1. The number of fused-ring (bicyclic) bond motifs is 6. The number of carbonyl (C=O) groups is 2. The second-order valence-corrected chi connectivity index (χ2v) is 8.86. The second kappa shape index (κ2) is 4.05. The predicted octanol–water partition coefficient (Wildman–Crippen LogP) is 3.24. The molecule has 6 atom stereocenters. The van der Waals surface area contributed by atoms with Gasteiger partial charge in [0.15, 0.2) is 5.78 Å². The third-order valence-electron chi connectivity index (χ3n) is 7.93. The highest BCUT2D eigenvalue weighted by Crippen LogP contribution is 2.68. The maximum absolute atomic E-state index is 12.5. The van der Waals surface area contributed by atoms with Crippen molar-refractivity contribution in [1.29, 1.82) is 0 Å². The molecule has 3 nitrogen and oxygen atoms in total. The van der Waals surface area contributed by atoms with Gasteiger partial charge in [-0.05, 0) is 61.2 Å². The zero-order valence-electron chi connectivity index (χ0n) is 13.9. The molecule has 0 radical (unpaired) electrons. The van der Waals surface area contributed by atoms with Crippen LogP contribution in [0.15, 0.2) is 23.8 Å². The topological polar surface area (TPSA) is 46.7 Å². The maximum atomic E-state index is 12.5. The quantitative estimate of drug-likeness (QED) is 0.645. The van der Waals surface area contributed by atoms with Crippen LogP contribution < -0.4 is 0 Å². The Bertz CT molecular complexity index is 683. The van der Waals surface area contributed by atoms with Gasteiger partial charge in [0.25, 0.3) is 0 Å². The standard InChI is InChI=1S/C20H24O3/c1-18-7-5-12(21)9-16(18)20(11-23-20)10-13-14-3-4-17(22)19(14,2)8-6-15(13)18/h5,7,9,13-15H,3-4,6,8,10-11H2,1-2H3/t13-,14+,15+,18+,19-,20?/m0/s1. The van der Waals surface area contributed by atoms with Gasteiger partial charge in [0, 0.05) is 17.3 Å². The first-order valence-corrected chi connectivity index (χ1v) is 9.02. The Kier molecular flexibility index (Phi) is 2.49. The molecular formula is C20H24O3. The van der Waals surface area contributed by atoms with Crippen molar-refractivity contribution < 1.29 is 14.3 Å². The molecule has 0 N–H and O–H groups in total. The van der Waals surface area contributed by atoms with Crippen LogP contribution in [0.2, 0.25) is 0 Å². The van der Waals surface area contributed by atoms with Crippen molar-refractivity contribution in [2.24, 2.45) is 28.6 Å². The number of rotatable bonds is 0. The Labute approximate surface area is 137 Å². The summed E-state index contributed by atoms with van der Waals surface area (Å²) in [5.74, 6) is 2.16. The molecule has 5 aliphatic rings. The summed E-state index contributed by atoms with van der Waals surface area (Å²) < 4.78 is 5.94. The van der Waals surface area contributed by atoms with Crippen LogP contribution in [0.3, 0.4) is 0 Å². The zero-order valence-corrected chi connectivity index (χ0v) is 13.9. The minimum absolute atomic E-state index is 0.0692. The summed E-state index contributed by atoms with van der Waals surface area (Å²) in [6.45, 7) is 5.25. The van der Waals surface area contributed by atoms with E-state index in [-0.39, 0.29) is 22.2 Å². The number of hydrogen-bond donors (Lipinski definition) is 0. The molecule has 1 saturated heterocycles. The van der Waals surface area contributed by atoms with E-state index in [0.717, 1.165) is 38.7 Å². The van der Waals surface area contributed by atoms with Gasteiger partial charge in [-0.25, -0.2) is 0 Å². The molecule has 0 aromatic heterocycles. The van der Waals surface area contributed by atoms with E-state index in [2.05, 4.69) is 19.9 Å². The fraction of sp³-hybridized carbons (Fsp3) is 0.700. The molecule has 4 aliphatic carbocycles. The smallest absolute Gasteiger partial charge is 0.178 e. The lowest BCUT2D eigenvalue weighted by atomic mass is 9.46. The fourth-order valence-electron chi connectivity index (χ4n) is 6.58. The lowest BCUT2D eigenvalue weighted by molar-refractivity contribution is -0.132. The Morgan fingerprint density at radius 3 is 2.70 bits per heavy atom. The second-order valence-electron chi connectivity index (χ2n) is 8.86. The highest BCUT2D eigenvalue weighted by atomic mass is 16.6. The van der Waals surface area contributed by atoms with Gasteiger partial charge in [0.2, 0.25) is 0 Å². The minimum Gasteiger partial charge on any atom is -0.365 e. The van der Waals surface area contributed by atoms with Gasteiger partial charge in [-0.1, -0.05) is 19.9 Å². The first-order valence-electron chi connectivity index (χ1n) is 9.02. The molecule has 1 spiro atoms. The predicted molar refractivity (Wildman–Crippen MR) is 85.7 cm³/mol. The van der Waals surface area contributed by atoms with Crippen LogP contribution in [0.1, 0.15) is 46.0 Å². The monoisotopic (exact) mass is 312 g/mol. The summed E-state index contributed by atoms with van der Waals surface area (Å²) in [6.07, 6.45) is 10.6. The maximum Gasteiger partial charge on any atom is 0.178 e. The molecule has 0 aromatic carbocycles. The summed E-state index contributed by atoms with van der Waals surface area (Å²) in [6, 6.07) is 0. The molecule has 0 bridgehead atoms. The molecule has 0 aromatic rings. The minimum atomic E-state index is -0.208. The van der Waals surface area contributed by atoms with E-state index in [4.69, 9.17) is 4.74 Å². The molecule has 1 heterocycles. The molecular weight excluding hydrogens is 288 g/mol. The van der Waals surface area contributed by atoms with Crippen molar-refractivity contribution >= 4 is 11.6 Å². The number of allylic oxidation sites excluding steroid dienone is 3. The first-order chi connectivity index (χ1) is 10.9. The largest absolute Gasteiger partial charge is 0.365 e. The fourth-order valence-corrected chi connectivity index (χ4v) is 6.58. The average Bonchev–Trinajstić information content (AvgIpc) is 3.21. The van der Waals surface area contributed by atoms with Crippen LogP contribution >= 0.6 is 0 Å². The molecule has 3 saturated carbocycles. The lowest BCUT2D eigenvalue weighted by Crippen LogP contribution is -2.54. The van der Waals surface area contributed by atoms with Crippen LogP contribution in [0.5, 0.6) is 0 Å². The van der Waals surface area contributed by atoms with Gasteiger partial charge < -0.3 is 4.74 Å². The van der Waals surface area contributed by atoms with Crippen LogP contribution in [-0.4, -0.2) is 23.8 Å². The molecule has 5 rings (SSSR count). The van der Waals surface area contributed by atoms with Crippen molar-refractivity contribution in [2.45, 2.75) is 51.6 Å². The van der Waals surface area contributed by atoms with E-state index >= 15 is 0 Å². The summed E-state index contributed by atoms with van der Waals surface area (Å²) in [5, 5.41) is 0. The zero-order chi connectivity index (χ0) is 16.0. The molecule has 1 aliphatic heterocycles. The Morgan fingerprint density at radius 2 is 1.96 bits per heavy atom. The van der Waals surface area contributed by atoms with Gasteiger partial charge in [0.05, 0.1) is 6.61 Å². The highest BCUT2D eigenvalue weighted by Gasteiger charge is 2.67. The third kappa shape index (κ3) is 1.60. The van der Waals surface area contributed by atoms with Crippen molar-refractivity contribution in [3.05, 3.63) is 23.8 Å². The van der Waals surface area contributed by atoms with E-state index in [0.29, 0.717) is 23.5 Å². The highest BCUT2D eigenvalue weighted by molar-refractivity contribution is 6.01. The number of epoxide rings is 1. The summed E-state index contributed by atoms with van der Waals surface area (Å²) in [7, 11) is 0. The SMILES string of the molecule is C[C@]12C=CC(=O)C=C1C1(CO1)C[C@@H]1[C@H]2CC[C@]2(C)C(=O)CC[C@H]12. The van der Waals surface area contributed by atoms with Crippen molar-refractivity contribution in [1.82, 2.24) is 0 Å². The van der Waals surface area contributed by atoms with Gasteiger partial charge in [0.1, 0.15) is 11.4 Å². The van der Waals surface area contributed by atoms with Crippen molar-refractivity contribution in [2.75, 3.05) is 6.61 Å². The molecule has 1 unspecified atom stereocenters. The molecule has 4 fully saturated rings. The van der Waals surface area contributed by atoms with E-state index in [9.17, 15) is 9.59 Å². The summed E-state index contributed by atoms with van der Waals surface area (Å²) in [5.41, 5.74) is 0.829. The Balaban J connectivity index is 1.61. The molecule has 23 heavy (non-hydrogen) atoms. The summed E-state index contributed by atoms with van der Waals surface area (Å²) in [4.78, 5) is 24.4. The van der Waals surface area contributed by atoms with Crippen LogP contribution in [0, 0.1) is 28.6 Å². The van der Waals surface area contributed by atoms with Crippen molar-refractivity contribution in [3.8, 4) is 0 Å². The summed E-state index contributed by atoms with van der Waals surface area (Å²) >= 11 is 0. The van der Waals surface area contributed by atoms with Crippen molar-refractivity contribution in [3.63, 3.8) is 0 Å². The van der Waals surface area contributed by atoms with Gasteiger partial charge in [-0.2, -0.15) is 0 Å². The normalized spacial score (nSPS) is 53.7. The number of ketones is 2. The van der Waals surface area contributed by atoms with Gasteiger partial charge in [-0.15, -0.1) is 0 Å². The van der Waals surface area contributed by atoms with Crippen LogP contribution in [0.4, 0.5) is 0 Å². The van der Waals surface area contributed by atoms with Crippen LogP contribution in [-0.2, 0) is 14.3 Å².